The van der Waals surface area contributed by atoms with Crippen molar-refractivity contribution < 1.29 is 9.59 Å². The van der Waals surface area contributed by atoms with E-state index < -0.39 is 0 Å². The summed E-state index contributed by atoms with van der Waals surface area (Å²) in [5, 5.41) is 5.42. The Hall–Kier alpha value is -2.63. The summed E-state index contributed by atoms with van der Waals surface area (Å²) >= 11 is 7.32. The number of fused-ring (bicyclic) bond motifs is 1. The minimum Gasteiger partial charge on any atom is -0.322 e. The molecule has 6 heteroatoms. The minimum absolute atomic E-state index is 0.0314. The van der Waals surface area contributed by atoms with Gasteiger partial charge in [0.2, 0.25) is 0 Å². The molecule has 0 atom stereocenters. The molecule has 0 spiro atoms. The monoisotopic (exact) mass is 396 g/mol. The van der Waals surface area contributed by atoms with Crippen LogP contribution in [0.3, 0.4) is 0 Å². The van der Waals surface area contributed by atoms with Crippen LogP contribution >= 0.6 is 22.9 Å². The van der Waals surface area contributed by atoms with Gasteiger partial charge in [0.05, 0.1) is 4.88 Å². The molecule has 1 aromatic heterocycles. The Morgan fingerprint density at radius 1 is 1.07 bits per heavy atom. The van der Waals surface area contributed by atoms with Gasteiger partial charge in [-0.3, -0.25) is 9.59 Å². The molecule has 1 aliphatic rings. The van der Waals surface area contributed by atoms with E-state index >= 15 is 0 Å². The fraction of sp³-hybridized carbons (Fsp3) is 0.143. The Labute approximate surface area is 166 Å². The number of thiophene rings is 1. The third-order valence-electron chi connectivity index (χ3n) is 4.54. The van der Waals surface area contributed by atoms with Crippen molar-refractivity contribution in [3.05, 3.63) is 81.0 Å². The normalized spacial score (nSPS) is 13.1. The summed E-state index contributed by atoms with van der Waals surface area (Å²) in [7, 11) is 0. The zero-order chi connectivity index (χ0) is 18.8. The highest BCUT2D eigenvalue weighted by atomic mass is 35.5. The van der Waals surface area contributed by atoms with Crippen LogP contribution in [-0.2, 0) is 6.42 Å². The highest BCUT2D eigenvalue weighted by molar-refractivity contribution is 7.12. The van der Waals surface area contributed by atoms with Crippen LogP contribution in [-0.4, -0.2) is 18.4 Å². The molecule has 1 N–H and O–H groups in total. The van der Waals surface area contributed by atoms with Gasteiger partial charge in [-0.2, -0.15) is 0 Å². The van der Waals surface area contributed by atoms with Crippen molar-refractivity contribution in [2.75, 3.05) is 16.8 Å². The average molecular weight is 397 g/mol. The van der Waals surface area contributed by atoms with Gasteiger partial charge in [-0.15, -0.1) is 11.3 Å². The predicted octanol–water partition coefficient (Wildman–Crippen LogP) is 5.25. The van der Waals surface area contributed by atoms with E-state index in [2.05, 4.69) is 5.32 Å². The molecule has 0 saturated carbocycles. The number of benzene rings is 2. The van der Waals surface area contributed by atoms with E-state index in [1.807, 2.05) is 40.6 Å². The van der Waals surface area contributed by atoms with Crippen LogP contribution in [0.5, 0.6) is 0 Å². The number of nitrogens with one attached hydrogen (secondary N) is 1. The van der Waals surface area contributed by atoms with Crippen LogP contribution < -0.4 is 10.2 Å². The number of hydrogen-bond acceptors (Lipinski definition) is 3. The second kappa shape index (κ2) is 7.55. The molecule has 0 unspecified atom stereocenters. The first-order chi connectivity index (χ1) is 13.1. The summed E-state index contributed by atoms with van der Waals surface area (Å²) in [5.74, 6) is -0.155. The molecule has 0 radical (unpaired) electrons. The maximum atomic E-state index is 12.8. The molecule has 3 aromatic rings. The van der Waals surface area contributed by atoms with E-state index in [1.54, 1.807) is 24.3 Å². The van der Waals surface area contributed by atoms with Gasteiger partial charge in [0.1, 0.15) is 0 Å². The van der Waals surface area contributed by atoms with E-state index in [0.29, 0.717) is 17.1 Å². The molecule has 1 aliphatic heterocycles. The van der Waals surface area contributed by atoms with Crippen molar-refractivity contribution in [2.45, 2.75) is 12.8 Å². The summed E-state index contributed by atoms with van der Waals surface area (Å²) < 4.78 is 0. The molecule has 0 saturated heterocycles. The van der Waals surface area contributed by atoms with Crippen LogP contribution in [0.15, 0.2) is 60.0 Å². The Morgan fingerprint density at radius 3 is 2.63 bits per heavy atom. The number of anilines is 2. The van der Waals surface area contributed by atoms with Crippen LogP contribution in [0.1, 0.15) is 32.0 Å². The number of aryl methyl sites for hydroxylation is 1. The molecule has 0 fully saturated rings. The zero-order valence-corrected chi connectivity index (χ0v) is 16.0. The number of carbonyl (C=O) groups excluding carboxylic acids is 2. The third kappa shape index (κ3) is 3.75. The Kier molecular flexibility index (Phi) is 4.97. The van der Waals surface area contributed by atoms with E-state index in [4.69, 9.17) is 11.6 Å². The summed E-state index contributed by atoms with van der Waals surface area (Å²) in [4.78, 5) is 27.7. The summed E-state index contributed by atoms with van der Waals surface area (Å²) in [6, 6.07) is 16.2. The van der Waals surface area contributed by atoms with E-state index in [1.165, 1.54) is 11.3 Å². The fourth-order valence-electron chi connectivity index (χ4n) is 3.22. The molecule has 4 nitrogen and oxygen atoms in total. The standard InChI is InChI=1S/C21H17ClN2O2S/c22-16-7-5-14(6-8-16)20(25)23-17-9-10-18-15(13-17)3-1-11-24(18)21(26)19-4-2-12-27-19/h2,4-10,12-13H,1,3,11H2,(H,23,25). The largest absolute Gasteiger partial charge is 0.322 e. The zero-order valence-electron chi connectivity index (χ0n) is 14.4. The number of halogens is 1. The highest BCUT2D eigenvalue weighted by Crippen LogP contribution is 2.31. The minimum atomic E-state index is -0.186. The van der Waals surface area contributed by atoms with Gasteiger partial charge in [0, 0.05) is 28.5 Å². The molecule has 2 amide bonds. The molecular weight excluding hydrogens is 380 g/mol. The van der Waals surface area contributed by atoms with Gasteiger partial charge in [-0.05, 0) is 72.3 Å². The number of nitrogens with zero attached hydrogens (tertiary/aromatic N) is 1. The first-order valence-electron chi connectivity index (χ1n) is 8.67. The highest BCUT2D eigenvalue weighted by Gasteiger charge is 2.24. The smallest absolute Gasteiger partial charge is 0.268 e. The lowest BCUT2D eigenvalue weighted by atomic mass is 10.0. The maximum absolute atomic E-state index is 12.8. The molecule has 0 bridgehead atoms. The number of carbonyl (C=O) groups is 2. The van der Waals surface area contributed by atoms with Crippen LogP contribution in [0.25, 0.3) is 0 Å². The van der Waals surface area contributed by atoms with Crippen LogP contribution in [0.2, 0.25) is 5.02 Å². The third-order valence-corrected chi connectivity index (χ3v) is 5.65. The number of rotatable bonds is 3. The Bertz CT molecular complexity index is 984. The van der Waals surface area contributed by atoms with E-state index in [9.17, 15) is 9.59 Å². The molecule has 0 aliphatic carbocycles. The average Bonchev–Trinajstić information content (AvgIpc) is 3.22. The van der Waals surface area contributed by atoms with Gasteiger partial charge >= 0.3 is 0 Å². The summed E-state index contributed by atoms with van der Waals surface area (Å²) in [6.45, 7) is 0.709. The lowest BCUT2D eigenvalue weighted by molar-refractivity contribution is 0.0987. The van der Waals surface area contributed by atoms with E-state index in [0.717, 1.165) is 34.7 Å². The summed E-state index contributed by atoms with van der Waals surface area (Å²) in [5.41, 5.74) is 3.26. The molecule has 2 heterocycles. The number of amides is 2. The van der Waals surface area contributed by atoms with Crippen molar-refractivity contribution >= 4 is 46.1 Å². The topological polar surface area (TPSA) is 49.4 Å². The SMILES string of the molecule is O=C(Nc1ccc2c(c1)CCCN2C(=O)c1cccs1)c1ccc(Cl)cc1. The van der Waals surface area contributed by atoms with Crippen LogP contribution in [0, 0.1) is 0 Å². The van der Waals surface area contributed by atoms with Gasteiger partial charge in [-0.25, -0.2) is 0 Å². The predicted molar refractivity (Wildman–Crippen MR) is 110 cm³/mol. The number of hydrogen-bond donors (Lipinski definition) is 1. The first-order valence-corrected chi connectivity index (χ1v) is 9.93. The second-order valence-corrected chi connectivity index (χ2v) is 7.73. The van der Waals surface area contributed by atoms with Gasteiger partial charge < -0.3 is 10.2 Å². The Balaban J connectivity index is 1.55. The molecule has 136 valence electrons. The Morgan fingerprint density at radius 2 is 1.89 bits per heavy atom. The molecular formula is C21H17ClN2O2S. The van der Waals surface area contributed by atoms with Gasteiger partial charge in [-0.1, -0.05) is 17.7 Å². The fourth-order valence-corrected chi connectivity index (χ4v) is 4.02. The second-order valence-electron chi connectivity index (χ2n) is 6.34. The first kappa shape index (κ1) is 17.8. The molecule has 27 heavy (non-hydrogen) atoms. The summed E-state index contributed by atoms with van der Waals surface area (Å²) in [6.07, 6.45) is 1.78. The van der Waals surface area contributed by atoms with Crippen molar-refractivity contribution in [1.29, 1.82) is 0 Å². The van der Waals surface area contributed by atoms with Crippen molar-refractivity contribution in [3.63, 3.8) is 0 Å². The van der Waals surface area contributed by atoms with Crippen molar-refractivity contribution in [1.82, 2.24) is 0 Å². The maximum Gasteiger partial charge on any atom is 0.268 e. The van der Waals surface area contributed by atoms with Crippen molar-refractivity contribution in [3.8, 4) is 0 Å². The lowest BCUT2D eigenvalue weighted by Gasteiger charge is -2.29. The molecule has 4 rings (SSSR count). The van der Waals surface area contributed by atoms with E-state index in [-0.39, 0.29) is 11.8 Å². The quantitative estimate of drug-likeness (QED) is 0.657. The van der Waals surface area contributed by atoms with Crippen LogP contribution in [0.4, 0.5) is 11.4 Å². The van der Waals surface area contributed by atoms with Gasteiger partial charge in [0.15, 0.2) is 0 Å². The van der Waals surface area contributed by atoms with Gasteiger partial charge in [0.25, 0.3) is 11.8 Å². The molecule has 2 aromatic carbocycles. The lowest BCUT2D eigenvalue weighted by Crippen LogP contribution is -2.35. The van der Waals surface area contributed by atoms with Crippen molar-refractivity contribution in [2.24, 2.45) is 0 Å².